The molecule has 0 aliphatic heterocycles. The number of hydrogen-bond acceptors (Lipinski definition) is 3. The Hall–Kier alpha value is -1.99. The third-order valence-electron chi connectivity index (χ3n) is 1.80. The van der Waals surface area contributed by atoms with Crippen LogP contribution in [-0.2, 0) is 9.53 Å². The second-order valence-electron chi connectivity index (χ2n) is 3.06. The van der Waals surface area contributed by atoms with Gasteiger partial charge in [-0.3, -0.25) is 4.79 Å². The number of nitrogens with one attached hydrogen (secondary N) is 1. The van der Waals surface area contributed by atoms with Crippen LogP contribution in [0.5, 0.6) is 0 Å². The molecule has 4 nitrogen and oxygen atoms in total. The molecule has 1 amide bonds. The van der Waals surface area contributed by atoms with Crippen molar-refractivity contribution in [3.63, 3.8) is 0 Å². The van der Waals surface area contributed by atoms with Crippen LogP contribution < -0.4 is 5.32 Å². The lowest BCUT2D eigenvalue weighted by atomic mass is 10.2. The molecular weight excluding hydrogens is 242 g/mol. The SMILES string of the molecule is C#CCNC(=O)COC(=O)c1ccc(Cl)cc1. The lowest BCUT2D eigenvalue weighted by molar-refractivity contribution is -0.123. The summed E-state index contributed by atoms with van der Waals surface area (Å²) in [6, 6.07) is 6.17. The van der Waals surface area contributed by atoms with E-state index in [9.17, 15) is 9.59 Å². The average molecular weight is 252 g/mol. The number of amides is 1. The number of carbonyl (C=O) groups is 2. The molecule has 0 aliphatic rings. The fraction of sp³-hybridized carbons (Fsp3) is 0.167. The van der Waals surface area contributed by atoms with E-state index in [2.05, 4.69) is 11.2 Å². The molecule has 17 heavy (non-hydrogen) atoms. The number of ether oxygens (including phenoxy) is 1. The normalized spacial score (nSPS) is 9.18. The minimum Gasteiger partial charge on any atom is -0.452 e. The summed E-state index contributed by atoms with van der Waals surface area (Å²) < 4.78 is 4.76. The molecular formula is C12H10ClNO3. The van der Waals surface area contributed by atoms with E-state index in [1.54, 1.807) is 12.1 Å². The first kappa shape index (κ1) is 13.1. The van der Waals surface area contributed by atoms with Crippen LogP contribution in [0, 0.1) is 12.3 Å². The lowest BCUT2D eigenvalue weighted by Crippen LogP contribution is -2.28. The first-order valence-electron chi connectivity index (χ1n) is 4.76. The Balaban J connectivity index is 2.42. The van der Waals surface area contributed by atoms with Gasteiger partial charge in [0.15, 0.2) is 6.61 Å². The van der Waals surface area contributed by atoms with Gasteiger partial charge in [0.25, 0.3) is 5.91 Å². The molecule has 0 radical (unpaired) electrons. The molecule has 0 bridgehead atoms. The number of rotatable bonds is 4. The van der Waals surface area contributed by atoms with Gasteiger partial charge in [-0.05, 0) is 24.3 Å². The predicted octanol–water partition coefficient (Wildman–Crippen LogP) is 1.25. The fourth-order valence-corrected chi connectivity index (χ4v) is 1.13. The third kappa shape index (κ3) is 4.58. The standard InChI is InChI=1S/C12H10ClNO3/c1-2-7-14-11(15)8-17-12(16)9-3-5-10(13)6-4-9/h1,3-6H,7-8H2,(H,14,15). The third-order valence-corrected chi connectivity index (χ3v) is 2.05. The van der Waals surface area contributed by atoms with Crippen molar-refractivity contribution >= 4 is 23.5 Å². The largest absolute Gasteiger partial charge is 0.452 e. The van der Waals surface area contributed by atoms with Gasteiger partial charge in [-0.25, -0.2) is 4.79 Å². The van der Waals surface area contributed by atoms with Crippen molar-refractivity contribution in [1.82, 2.24) is 5.32 Å². The van der Waals surface area contributed by atoms with Crippen LogP contribution in [0.3, 0.4) is 0 Å². The molecule has 1 rings (SSSR count). The van der Waals surface area contributed by atoms with Gasteiger partial charge in [0, 0.05) is 5.02 Å². The molecule has 1 aromatic carbocycles. The highest BCUT2D eigenvalue weighted by Crippen LogP contribution is 2.10. The smallest absolute Gasteiger partial charge is 0.338 e. The van der Waals surface area contributed by atoms with Gasteiger partial charge in [-0.15, -0.1) is 6.42 Å². The van der Waals surface area contributed by atoms with Crippen LogP contribution in [0.2, 0.25) is 5.02 Å². The summed E-state index contributed by atoms with van der Waals surface area (Å²) in [5.74, 6) is 1.21. The summed E-state index contributed by atoms with van der Waals surface area (Å²) >= 11 is 5.67. The molecule has 0 atom stereocenters. The number of hydrogen-bond donors (Lipinski definition) is 1. The summed E-state index contributed by atoms with van der Waals surface area (Å²) in [5, 5.41) is 2.90. The Bertz CT molecular complexity index is 448. The zero-order valence-corrected chi connectivity index (χ0v) is 9.66. The quantitative estimate of drug-likeness (QED) is 0.647. The number of esters is 1. The summed E-state index contributed by atoms with van der Waals surface area (Å²) in [5.41, 5.74) is 0.333. The highest BCUT2D eigenvalue weighted by Gasteiger charge is 2.09. The van der Waals surface area contributed by atoms with Gasteiger partial charge < -0.3 is 10.1 Å². The topological polar surface area (TPSA) is 55.4 Å². The van der Waals surface area contributed by atoms with Crippen LogP contribution in [0.4, 0.5) is 0 Å². The maximum Gasteiger partial charge on any atom is 0.338 e. The molecule has 0 saturated heterocycles. The van der Waals surface area contributed by atoms with E-state index in [1.165, 1.54) is 12.1 Å². The first-order valence-corrected chi connectivity index (χ1v) is 5.14. The number of terminal acetylenes is 1. The van der Waals surface area contributed by atoms with Gasteiger partial charge >= 0.3 is 5.97 Å². The van der Waals surface area contributed by atoms with Crippen LogP contribution in [0.1, 0.15) is 10.4 Å². The summed E-state index contributed by atoms with van der Waals surface area (Å²) in [6.07, 6.45) is 4.95. The van der Waals surface area contributed by atoms with Crippen LogP contribution >= 0.6 is 11.6 Å². The average Bonchev–Trinajstić information content (AvgIpc) is 2.34. The van der Waals surface area contributed by atoms with E-state index in [0.29, 0.717) is 10.6 Å². The maximum absolute atomic E-state index is 11.4. The van der Waals surface area contributed by atoms with Crippen LogP contribution in [-0.4, -0.2) is 25.0 Å². The number of halogens is 1. The molecule has 0 unspecified atom stereocenters. The zero-order chi connectivity index (χ0) is 12.7. The molecule has 0 fully saturated rings. The van der Waals surface area contributed by atoms with Gasteiger partial charge in [0.2, 0.25) is 0 Å². The Morgan fingerprint density at radius 1 is 1.35 bits per heavy atom. The highest BCUT2D eigenvalue weighted by atomic mass is 35.5. The van der Waals surface area contributed by atoms with Gasteiger partial charge in [-0.2, -0.15) is 0 Å². The van der Waals surface area contributed by atoms with E-state index >= 15 is 0 Å². The van der Waals surface area contributed by atoms with Crippen molar-refractivity contribution in [1.29, 1.82) is 0 Å². The summed E-state index contributed by atoms with van der Waals surface area (Å²) in [7, 11) is 0. The molecule has 1 N–H and O–H groups in total. The Morgan fingerprint density at radius 3 is 2.59 bits per heavy atom. The Kier molecular flexibility index (Phi) is 5.05. The molecule has 5 heteroatoms. The van der Waals surface area contributed by atoms with Crippen LogP contribution in [0.25, 0.3) is 0 Å². The van der Waals surface area contributed by atoms with Crippen molar-refractivity contribution in [3.05, 3.63) is 34.9 Å². The molecule has 0 aliphatic carbocycles. The first-order chi connectivity index (χ1) is 8.13. The molecule has 0 aromatic heterocycles. The van der Waals surface area contributed by atoms with E-state index in [0.717, 1.165) is 0 Å². The van der Waals surface area contributed by atoms with Crippen molar-refractivity contribution in [2.24, 2.45) is 0 Å². The van der Waals surface area contributed by atoms with E-state index in [4.69, 9.17) is 22.8 Å². The summed E-state index contributed by atoms with van der Waals surface area (Å²) in [6.45, 7) is -0.250. The van der Waals surface area contributed by atoms with E-state index < -0.39 is 11.9 Å². The van der Waals surface area contributed by atoms with Crippen molar-refractivity contribution in [2.45, 2.75) is 0 Å². The second-order valence-corrected chi connectivity index (χ2v) is 3.50. The monoisotopic (exact) mass is 251 g/mol. The van der Waals surface area contributed by atoms with Crippen LogP contribution in [0.15, 0.2) is 24.3 Å². The predicted molar refractivity (Wildman–Crippen MR) is 63.6 cm³/mol. The zero-order valence-electron chi connectivity index (χ0n) is 8.90. The lowest BCUT2D eigenvalue weighted by Gasteiger charge is -2.04. The summed E-state index contributed by atoms with van der Waals surface area (Å²) in [4.78, 5) is 22.5. The van der Waals surface area contributed by atoms with Crippen molar-refractivity contribution < 1.29 is 14.3 Å². The molecule has 1 aromatic rings. The van der Waals surface area contributed by atoms with Gasteiger partial charge in [-0.1, -0.05) is 17.5 Å². The minimum atomic E-state index is -0.586. The van der Waals surface area contributed by atoms with E-state index in [-0.39, 0.29) is 13.2 Å². The minimum absolute atomic E-state index is 0.108. The Labute approximate surface area is 104 Å². The molecule has 0 spiro atoms. The van der Waals surface area contributed by atoms with Crippen molar-refractivity contribution in [2.75, 3.05) is 13.2 Å². The van der Waals surface area contributed by atoms with Gasteiger partial charge in [0.05, 0.1) is 12.1 Å². The number of benzene rings is 1. The van der Waals surface area contributed by atoms with E-state index in [1.807, 2.05) is 0 Å². The molecule has 88 valence electrons. The second kappa shape index (κ2) is 6.56. The molecule has 0 heterocycles. The van der Waals surface area contributed by atoms with Crippen molar-refractivity contribution in [3.8, 4) is 12.3 Å². The molecule has 0 saturated carbocycles. The number of carbonyl (C=O) groups excluding carboxylic acids is 2. The van der Waals surface area contributed by atoms with Gasteiger partial charge in [0.1, 0.15) is 0 Å². The highest BCUT2D eigenvalue weighted by molar-refractivity contribution is 6.30. The maximum atomic E-state index is 11.4. The Morgan fingerprint density at radius 2 is 2.00 bits per heavy atom. The fourth-order valence-electron chi connectivity index (χ4n) is 1.00.